The van der Waals surface area contributed by atoms with Gasteiger partial charge >= 0.3 is 5.97 Å². The van der Waals surface area contributed by atoms with Crippen molar-refractivity contribution in [2.45, 2.75) is 6.54 Å². The predicted octanol–water partition coefficient (Wildman–Crippen LogP) is 4.73. The molecule has 8 nitrogen and oxygen atoms in total. The van der Waals surface area contributed by atoms with Gasteiger partial charge in [0.1, 0.15) is 5.76 Å². The number of methoxy groups -OCH3 is 1. The summed E-state index contributed by atoms with van der Waals surface area (Å²) in [6, 6.07) is 17.3. The molecule has 0 amide bonds. The summed E-state index contributed by atoms with van der Waals surface area (Å²) in [5, 5.41) is 11.9. The molecule has 0 saturated carbocycles. The summed E-state index contributed by atoms with van der Waals surface area (Å²) in [5.41, 5.74) is 2.31. The Morgan fingerprint density at radius 2 is 2.03 bits per heavy atom. The minimum atomic E-state index is -0.525. The number of nitrogens with zero attached hydrogens (tertiary/aromatic N) is 3. The molecule has 2 heterocycles. The Bertz CT molecular complexity index is 1270. The van der Waals surface area contributed by atoms with Gasteiger partial charge in [-0.15, -0.1) is 0 Å². The van der Waals surface area contributed by atoms with Crippen LogP contribution in [0.5, 0.6) is 0 Å². The van der Waals surface area contributed by atoms with E-state index in [0.29, 0.717) is 18.0 Å². The van der Waals surface area contributed by atoms with Crippen LogP contribution in [0.15, 0.2) is 76.3 Å². The summed E-state index contributed by atoms with van der Waals surface area (Å²) in [6.45, 7) is 0.419. The van der Waals surface area contributed by atoms with Gasteiger partial charge in [0.05, 0.1) is 24.3 Å². The Morgan fingerprint density at radius 1 is 1.20 bits per heavy atom. The highest BCUT2D eigenvalue weighted by molar-refractivity contribution is 6.00. The van der Waals surface area contributed by atoms with Crippen LogP contribution in [0, 0.1) is 10.1 Å². The number of benzene rings is 2. The van der Waals surface area contributed by atoms with Crippen molar-refractivity contribution in [3.8, 4) is 0 Å². The maximum Gasteiger partial charge on any atom is 0.373 e. The van der Waals surface area contributed by atoms with Crippen molar-refractivity contribution in [1.29, 1.82) is 0 Å². The first-order valence-electron chi connectivity index (χ1n) is 9.08. The predicted molar refractivity (Wildman–Crippen MR) is 111 cm³/mol. The second-order valence-corrected chi connectivity index (χ2v) is 6.52. The third-order valence-corrected chi connectivity index (χ3v) is 4.59. The van der Waals surface area contributed by atoms with Crippen molar-refractivity contribution in [2.75, 3.05) is 7.11 Å². The summed E-state index contributed by atoms with van der Waals surface area (Å²) in [5.74, 6) is 0.234. The van der Waals surface area contributed by atoms with Crippen LogP contribution < -0.4 is 0 Å². The van der Waals surface area contributed by atoms with Crippen LogP contribution in [-0.4, -0.2) is 28.8 Å². The van der Waals surface area contributed by atoms with Crippen molar-refractivity contribution in [2.24, 2.45) is 4.99 Å². The van der Waals surface area contributed by atoms with Crippen molar-refractivity contribution >= 4 is 34.5 Å². The van der Waals surface area contributed by atoms with Gasteiger partial charge in [-0.05, 0) is 24.3 Å². The Morgan fingerprint density at radius 3 is 2.83 bits per heavy atom. The number of aromatic nitrogens is 1. The van der Waals surface area contributed by atoms with Gasteiger partial charge in [0.2, 0.25) is 5.76 Å². The second kappa shape index (κ2) is 8.04. The molecule has 0 N–H and O–H groups in total. The number of carbonyl (C=O) groups is 1. The molecule has 4 rings (SSSR count). The molecule has 30 heavy (non-hydrogen) atoms. The number of non-ortho nitro benzene ring substituents is 1. The molecule has 0 unspecified atom stereocenters. The zero-order chi connectivity index (χ0) is 21.1. The van der Waals surface area contributed by atoms with E-state index in [1.165, 1.54) is 19.2 Å². The highest BCUT2D eigenvalue weighted by Gasteiger charge is 2.13. The number of carbonyl (C=O) groups excluding carboxylic acids is 1. The molecule has 0 bridgehead atoms. The van der Waals surface area contributed by atoms with Crippen LogP contribution in [0.3, 0.4) is 0 Å². The second-order valence-electron chi connectivity index (χ2n) is 6.52. The number of ether oxygens (including phenoxy) is 1. The fraction of sp³-hybridized carbons (Fsp3) is 0.0909. The Kier molecular flexibility index (Phi) is 5.13. The van der Waals surface area contributed by atoms with Gasteiger partial charge in [-0.3, -0.25) is 15.1 Å². The van der Waals surface area contributed by atoms with E-state index in [2.05, 4.69) is 9.73 Å². The number of hydrogen-bond acceptors (Lipinski definition) is 6. The number of aliphatic imine (C=N–C) groups is 1. The molecule has 0 aliphatic heterocycles. The van der Waals surface area contributed by atoms with E-state index in [0.717, 1.165) is 16.5 Å². The van der Waals surface area contributed by atoms with Crippen LogP contribution in [0.4, 0.5) is 11.4 Å². The van der Waals surface area contributed by atoms with Crippen LogP contribution in [-0.2, 0) is 11.3 Å². The first-order valence-corrected chi connectivity index (χ1v) is 9.08. The lowest BCUT2D eigenvalue weighted by Crippen LogP contribution is -1.99. The fourth-order valence-electron chi connectivity index (χ4n) is 3.18. The van der Waals surface area contributed by atoms with Crippen LogP contribution in [0.25, 0.3) is 10.9 Å². The third-order valence-electron chi connectivity index (χ3n) is 4.59. The summed E-state index contributed by atoms with van der Waals surface area (Å²) in [6.07, 6.45) is 3.60. The van der Waals surface area contributed by atoms with Crippen molar-refractivity contribution in [3.63, 3.8) is 0 Å². The quantitative estimate of drug-likeness (QED) is 0.201. The van der Waals surface area contributed by atoms with Crippen LogP contribution >= 0.6 is 0 Å². The van der Waals surface area contributed by atoms with Crippen molar-refractivity contribution < 1.29 is 18.9 Å². The smallest absolute Gasteiger partial charge is 0.373 e. The number of rotatable bonds is 6. The molecule has 8 heteroatoms. The van der Waals surface area contributed by atoms with E-state index in [9.17, 15) is 14.9 Å². The molecule has 0 atom stereocenters. The summed E-state index contributed by atoms with van der Waals surface area (Å²) in [7, 11) is 1.30. The highest BCUT2D eigenvalue weighted by atomic mass is 16.6. The van der Waals surface area contributed by atoms with E-state index in [1.54, 1.807) is 30.5 Å². The summed E-state index contributed by atoms with van der Waals surface area (Å²) < 4.78 is 12.2. The first-order chi connectivity index (χ1) is 14.5. The van der Waals surface area contributed by atoms with Gasteiger partial charge in [0.15, 0.2) is 0 Å². The maximum atomic E-state index is 11.6. The summed E-state index contributed by atoms with van der Waals surface area (Å²) in [4.78, 5) is 26.5. The van der Waals surface area contributed by atoms with Crippen molar-refractivity contribution in [3.05, 3.63) is 94.1 Å². The molecule has 0 fully saturated rings. The molecule has 0 radical (unpaired) electrons. The van der Waals surface area contributed by atoms with E-state index >= 15 is 0 Å². The van der Waals surface area contributed by atoms with Gasteiger partial charge in [-0.25, -0.2) is 4.79 Å². The standard InChI is InChI=1S/C22H17N3O5/c1-29-22(26)21-10-9-18(30-21)14-24-13-15(19-7-2-3-8-20(19)24)12-23-16-5-4-6-17(11-16)25(27)28/h2-13H,14H2,1H3. The number of nitro benzene ring substituents is 1. The average Bonchev–Trinajstić information content (AvgIpc) is 3.37. The largest absolute Gasteiger partial charge is 0.463 e. The highest BCUT2D eigenvalue weighted by Crippen LogP contribution is 2.24. The monoisotopic (exact) mass is 403 g/mol. The van der Waals surface area contributed by atoms with Gasteiger partial charge in [-0.2, -0.15) is 0 Å². The van der Waals surface area contributed by atoms with E-state index in [-0.39, 0.29) is 11.4 Å². The molecule has 0 saturated heterocycles. The number of furan rings is 1. The number of para-hydroxylation sites is 1. The van der Waals surface area contributed by atoms with Gasteiger partial charge in [-0.1, -0.05) is 24.3 Å². The third kappa shape index (κ3) is 3.83. The van der Waals surface area contributed by atoms with Gasteiger partial charge in [0, 0.05) is 41.0 Å². The molecular formula is C22H17N3O5. The topological polar surface area (TPSA) is 99.9 Å². The lowest BCUT2D eigenvalue weighted by molar-refractivity contribution is -0.384. The Balaban J connectivity index is 1.65. The molecule has 150 valence electrons. The van der Waals surface area contributed by atoms with Crippen LogP contribution in [0.1, 0.15) is 21.9 Å². The van der Waals surface area contributed by atoms with Crippen LogP contribution in [0.2, 0.25) is 0 Å². The molecule has 0 aliphatic carbocycles. The number of fused-ring (bicyclic) bond motifs is 1. The minimum absolute atomic E-state index is 0.00805. The first kappa shape index (κ1) is 19.1. The molecule has 4 aromatic rings. The maximum absolute atomic E-state index is 11.6. The minimum Gasteiger partial charge on any atom is -0.463 e. The molecule has 0 aliphatic rings. The Labute approximate surface area is 171 Å². The van der Waals surface area contributed by atoms with E-state index < -0.39 is 10.9 Å². The molecule has 0 spiro atoms. The molecule has 2 aromatic heterocycles. The normalized spacial score (nSPS) is 11.2. The average molecular weight is 403 g/mol. The Hall–Kier alpha value is -4.20. The zero-order valence-corrected chi connectivity index (χ0v) is 16.0. The summed E-state index contributed by atoms with van der Waals surface area (Å²) >= 11 is 0. The molecule has 2 aromatic carbocycles. The number of nitro groups is 1. The molecular weight excluding hydrogens is 386 g/mol. The SMILES string of the molecule is COC(=O)c1ccc(Cn2cc(C=Nc3cccc([N+](=O)[O-])c3)c3ccccc32)o1. The van der Waals surface area contributed by atoms with E-state index in [4.69, 9.17) is 4.42 Å². The zero-order valence-electron chi connectivity index (χ0n) is 16.0. The van der Waals surface area contributed by atoms with E-state index in [1.807, 2.05) is 35.0 Å². The lowest BCUT2D eigenvalue weighted by atomic mass is 10.2. The van der Waals surface area contributed by atoms with Gasteiger partial charge in [0.25, 0.3) is 5.69 Å². The fourth-order valence-corrected chi connectivity index (χ4v) is 3.18. The lowest BCUT2D eigenvalue weighted by Gasteiger charge is -2.02. The van der Waals surface area contributed by atoms with Crippen molar-refractivity contribution in [1.82, 2.24) is 4.57 Å². The number of esters is 1. The van der Waals surface area contributed by atoms with Gasteiger partial charge < -0.3 is 13.7 Å². The number of hydrogen-bond donors (Lipinski definition) is 0.